The van der Waals surface area contributed by atoms with Crippen molar-refractivity contribution >= 4 is 12.7 Å². The Morgan fingerprint density at radius 1 is 1.11 bits per heavy atom. The van der Waals surface area contributed by atoms with Crippen LogP contribution in [0.3, 0.4) is 0 Å². The first kappa shape index (κ1) is 16.1. The number of halogens is 3. The minimum Gasteiger partial charge on any atom is -0.207 e. The van der Waals surface area contributed by atoms with E-state index in [9.17, 15) is 13.2 Å². The Morgan fingerprint density at radius 3 is 2.16 bits per heavy atom. The van der Waals surface area contributed by atoms with Crippen molar-refractivity contribution < 1.29 is 13.2 Å². The Hall–Kier alpha value is -0.925. The fourth-order valence-electron chi connectivity index (χ4n) is 1.83. The van der Waals surface area contributed by atoms with Crippen LogP contribution in [0.1, 0.15) is 46.6 Å². The predicted octanol–water partition coefficient (Wildman–Crippen LogP) is 4.32. The van der Waals surface area contributed by atoms with E-state index in [0.29, 0.717) is 12.7 Å². The SMILES string of the molecule is CC(C)(C)C(C)(C)CBc1cc(F)ccc1C(F)F. The quantitative estimate of drug-likeness (QED) is 0.715. The molecule has 0 amide bonds. The topological polar surface area (TPSA) is 0 Å². The van der Waals surface area contributed by atoms with Gasteiger partial charge in [-0.1, -0.05) is 52.5 Å². The molecule has 0 aliphatic rings. The lowest BCUT2D eigenvalue weighted by molar-refractivity contribution is 0.152. The van der Waals surface area contributed by atoms with Crippen molar-refractivity contribution in [1.82, 2.24) is 0 Å². The van der Waals surface area contributed by atoms with Crippen LogP contribution in [0.2, 0.25) is 6.32 Å². The Morgan fingerprint density at radius 2 is 1.68 bits per heavy atom. The van der Waals surface area contributed by atoms with E-state index in [-0.39, 0.29) is 16.4 Å². The van der Waals surface area contributed by atoms with Gasteiger partial charge >= 0.3 is 0 Å². The third-order valence-electron chi connectivity index (χ3n) is 4.39. The van der Waals surface area contributed by atoms with Gasteiger partial charge in [-0.3, -0.25) is 0 Å². The first-order valence-electron chi connectivity index (χ1n) is 6.61. The maximum absolute atomic E-state index is 13.2. The molecule has 0 unspecified atom stereocenters. The first-order chi connectivity index (χ1) is 8.54. The standard InChI is InChI=1S/C15H22BF3/c1-14(2,3)15(4,5)9-16-12-8-10(17)6-7-11(12)13(18)19/h6-8,13,16H,9H2,1-5H3. The highest BCUT2D eigenvalue weighted by Gasteiger charge is 2.32. The van der Waals surface area contributed by atoms with Crippen molar-refractivity contribution in [2.24, 2.45) is 10.8 Å². The second-order valence-electron chi connectivity index (χ2n) is 6.78. The van der Waals surface area contributed by atoms with Crippen molar-refractivity contribution in [3.63, 3.8) is 0 Å². The molecule has 4 heteroatoms. The maximum Gasteiger partial charge on any atom is 0.263 e. The van der Waals surface area contributed by atoms with Gasteiger partial charge < -0.3 is 0 Å². The zero-order valence-corrected chi connectivity index (χ0v) is 12.4. The largest absolute Gasteiger partial charge is 0.263 e. The summed E-state index contributed by atoms with van der Waals surface area (Å²) < 4.78 is 39.0. The maximum atomic E-state index is 13.2. The third kappa shape index (κ3) is 4.02. The lowest BCUT2D eigenvalue weighted by Gasteiger charge is -2.39. The number of benzene rings is 1. The van der Waals surface area contributed by atoms with E-state index in [0.717, 1.165) is 12.4 Å². The summed E-state index contributed by atoms with van der Waals surface area (Å²) in [6, 6.07) is 3.53. The number of rotatable bonds is 4. The summed E-state index contributed by atoms with van der Waals surface area (Å²) in [6.45, 7) is 10.6. The normalized spacial score (nSPS) is 12.9. The molecule has 0 aliphatic heterocycles. The van der Waals surface area contributed by atoms with Gasteiger partial charge in [0.05, 0.1) is 0 Å². The highest BCUT2D eigenvalue weighted by Crippen LogP contribution is 2.40. The molecule has 0 spiro atoms. The van der Waals surface area contributed by atoms with E-state index in [4.69, 9.17) is 0 Å². The van der Waals surface area contributed by atoms with Crippen LogP contribution in [0.5, 0.6) is 0 Å². The van der Waals surface area contributed by atoms with E-state index >= 15 is 0 Å². The first-order valence-corrected chi connectivity index (χ1v) is 6.61. The highest BCUT2D eigenvalue weighted by atomic mass is 19.3. The van der Waals surface area contributed by atoms with Crippen molar-refractivity contribution in [2.45, 2.75) is 47.4 Å². The molecule has 0 bridgehead atoms. The molecule has 0 aromatic heterocycles. The molecule has 106 valence electrons. The van der Waals surface area contributed by atoms with Crippen molar-refractivity contribution in [3.8, 4) is 0 Å². The monoisotopic (exact) mass is 270 g/mol. The number of hydrogen-bond acceptors (Lipinski definition) is 0. The van der Waals surface area contributed by atoms with E-state index in [1.807, 2.05) is 0 Å². The van der Waals surface area contributed by atoms with Gasteiger partial charge in [-0.25, -0.2) is 13.2 Å². The molecule has 0 fully saturated rings. The summed E-state index contributed by atoms with van der Waals surface area (Å²) in [5.74, 6) is -0.451. The number of hydrogen-bond donors (Lipinski definition) is 0. The van der Waals surface area contributed by atoms with E-state index in [1.54, 1.807) is 0 Å². The molecule has 0 saturated heterocycles. The molecular formula is C15H22BF3. The summed E-state index contributed by atoms with van der Waals surface area (Å²) >= 11 is 0. The fourth-order valence-corrected chi connectivity index (χ4v) is 1.83. The van der Waals surface area contributed by atoms with Crippen molar-refractivity contribution in [1.29, 1.82) is 0 Å². The molecule has 1 aromatic carbocycles. The molecule has 19 heavy (non-hydrogen) atoms. The average Bonchev–Trinajstić information content (AvgIpc) is 2.24. The summed E-state index contributed by atoms with van der Waals surface area (Å²) in [5, 5.41) is 0. The van der Waals surface area contributed by atoms with Gasteiger partial charge in [0, 0.05) is 5.56 Å². The Bertz CT molecular complexity index is 434. The molecule has 0 nitrogen and oxygen atoms in total. The van der Waals surface area contributed by atoms with Gasteiger partial charge in [0.1, 0.15) is 5.82 Å². The van der Waals surface area contributed by atoms with Crippen LogP contribution in [0.15, 0.2) is 18.2 Å². The molecule has 0 saturated carbocycles. The van der Waals surface area contributed by atoms with E-state index in [2.05, 4.69) is 34.6 Å². The highest BCUT2D eigenvalue weighted by molar-refractivity contribution is 6.54. The fraction of sp³-hybridized carbons (Fsp3) is 0.600. The molecule has 1 aromatic rings. The van der Waals surface area contributed by atoms with Crippen LogP contribution < -0.4 is 5.46 Å². The van der Waals surface area contributed by atoms with Gasteiger partial charge in [0.25, 0.3) is 6.43 Å². The summed E-state index contributed by atoms with van der Waals surface area (Å²) in [6.07, 6.45) is -1.80. The van der Waals surface area contributed by atoms with Crippen molar-refractivity contribution in [3.05, 3.63) is 29.6 Å². The number of alkyl halides is 2. The van der Waals surface area contributed by atoms with Crippen LogP contribution in [0.25, 0.3) is 0 Å². The van der Waals surface area contributed by atoms with Gasteiger partial charge in [-0.15, -0.1) is 0 Å². The second kappa shape index (κ2) is 5.60. The summed E-state index contributed by atoms with van der Waals surface area (Å²) in [7, 11) is 0.474. The second-order valence-corrected chi connectivity index (χ2v) is 6.78. The molecule has 0 aliphatic carbocycles. The molecule has 0 atom stereocenters. The minimum atomic E-state index is -2.55. The van der Waals surface area contributed by atoms with Crippen LogP contribution in [0.4, 0.5) is 13.2 Å². The lowest BCUT2D eigenvalue weighted by Crippen LogP contribution is -2.34. The molecular weight excluding hydrogens is 248 g/mol. The Balaban J connectivity index is 2.92. The lowest BCUT2D eigenvalue weighted by atomic mass is 9.53. The molecule has 0 radical (unpaired) electrons. The Labute approximate surface area is 114 Å². The van der Waals surface area contributed by atoms with Crippen LogP contribution in [-0.4, -0.2) is 7.28 Å². The minimum absolute atomic E-state index is 0.00128. The van der Waals surface area contributed by atoms with Crippen LogP contribution in [-0.2, 0) is 0 Å². The third-order valence-corrected chi connectivity index (χ3v) is 4.39. The summed E-state index contributed by atoms with van der Waals surface area (Å²) in [5.41, 5.74) is 0.447. The van der Waals surface area contributed by atoms with Crippen LogP contribution >= 0.6 is 0 Å². The Kier molecular flexibility index (Phi) is 4.75. The van der Waals surface area contributed by atoms with E-state index in [1.165, 1.54) is 12.1 Å². The van der Waals surface area contributed by atoms with Gasteiger partial charge in [-0.05, 0) is 23.0 Å². The zero-order valence-electron chi connectivity index (χ0n) is 12.4. The van der Waals surface area contributed by atoms with Crippen molar-refractivity contribution in [2.75, 3.05) is 0 Å². The van der Waals surface area contributed by atoms with Gasteiger partial charge in [-0.2, -0.15) is 0 Å². The summed E-state index contributed by atoms with van der Waals surface area (Å²) in [4.78, 5) is 0. The molecule has 0 N–H and O–H groups in total. The smallest absolute Gasteiger partial charge is 0.207 e. The van der Waals surface area contributed by atoms with Crippen LogP contribution in [0, 0.1) is 16.6 Å². The average molecular weight is 270 g/mol. The molecule has 0 heterocycles. The predicted molar refractivity (Wildman–Crippen MR) is 76.2 cm³/mol. The van der Waals surface area contributed by atoms with Gasteiger partial charge in [0.2, 0.25) is 0 Å². The molecule has 1 rings (SSSR count). The zero-order chi connectivity index (χ0) is 14.8. The van der Waals surface area contributed by atoms with Gasteiger partial charge in [0.15, 0.2) is 7.28 Å². The van der Waals surface area contributed by atoms with E-state index < -0.39 is 12.2 Å².